The van der Waals surface area contributed by atoms with E-state index in [9.17, 15) is 0 Å². The van der Waals surface area contributed by atoms with Crippen LogP contribution >= 0.6 is 0 Å². The van der Waals surface area contributed by atoms with Crippen LogP contribution in [0.1, 0.15) is 110 Å². The molecule has 0 heterocycles. The molecular weight excluding hydrogens is 272 g/mol. The van der Waals surface area contributed by atoms with Gasteiger partial charge in [-0.3, -0.25) is 0 Å². The maximum Gasteiger partial charge on any atom is 0.0575 e. The van der Waals surface area contributed by atoms with Gasteiger partial charge in [0.1, 0.15) is 0 Å². The number of aliphatic hydroxyl groups excluding tert-OH is 1. The van der Waals surface area contributed by atoms with Crippen molar-refractivity contribution in [3.05, 3.63) is 0 Å². The van der Waals surface area contributed by atoms with Crippen LogP contribution < -0.4 is 0 Å². The molecule has 0 fully saturated rings. The standard InChI is InChI=1S/C20H42O2/c1-3-5-6-7-8-9-10-11-12-15-19-22-20(16-4-2)17-13-14-18-21/h20-21H,3-19H2,1-2H3. The van der Waals surface area contributed by atoms with Crippen molar-refractivity contribution in [3.63, 3.8) is 0 Å². The smallest absolute Gasteiger partial charge is 0.0575 e. The molecule has 0 saturated heterocycles. The Morgan fingerprint density at radius 1 is 0.636 bits per heavy atom. The Hall–Kier alpha value is -0.0800. The molecule has 1 atom stereocenters. The highest BCUT2D eigenvalue weighted by atomic mass is 16.5. The lowest BCUT2D eigenvalue weighted by Crippen LogP contribution is -2.14. The molecule has 0 aliphatic carbocycles. The van der Waals surface area contributed by atoms with Crippen molar-refractivity contribution in [2.45, 2.75) is 116 Å². The van der Waals surface area contributed by atoms with Crippen molar-refractivity contribution in [2.24, 2.45) is 0 Å². The predicted octanol–water partition coefficient (Wildman–Crippen LogP) is 6.26. The maximum absolute atomic E-state index is 8.85. The highest BCUT2D eigenvalue weighted by molar-refractivity contribution is 4.58. The van der Waals surface area contributed by atoms with Gasteiger partial charge in [-0.25, -0.2) is 0 Å². The molecular formula is C20H42O2. The van der Waals surface area contributed by atoms with E-state index < -0.39 is 0 Å². The summed E-state index contributed by atoms with van der Waals surface area (Å²) in [4.78, 5) is 0. The van der Waals surface area contributed by atoms with Crippen LogP contribution in [-0.4, -0.2) is 24.4 Å². The first-order chi connectivity index (χ1) is 10.8. The van der Waals surface area contributed by atoms with E-state index in [0.717, 1.165) is 25.9 Å². The molecule has 0 bridgehead atoms. The minimum absolute atomic E-state index is 0.317. The molecule has 0 radical (unpaired) electrons. The van der Waals surface area contributed by atoms with Crippen molar-refractivity contribution in [3.8, 4) is 0 Å². The third kappa shape index (κ3) is 16.3. The van der Waals surface area contributed by atoms with E-state index in [-0.39, 0.29) is 0 Å². The molecule has 0 aliphatic rings. The van der Waals surface area contributed by atoms with Gasteiger partial charge in [-0.2, -0.15) is 0 Å². The molecule has 0 amide bonds. The molecule has 0 saturated carbocycles. The van der Waals surface area contributed by atoms with E-state index in [2.05, 4.69) is 13.8 Å². The summed E-state index contributed by atoms with van der Waals surface area (Å²) >= 11 is 0. The van der Waals surface area contributed by atoms with Crippen molar-refractivity contribution in [1.29, 1.82) is 0 Å². The lowest BCUT2D eigenvalue weighted by Gasteiger charge is -2.17. The zero-order valence-corrected chi connectivity index (χ0v) is 15.5. The van der Waals surface area contributed by atoms with Crippen LogP contribution in [0.25, 0.3) is 0 Å². The minimum Gasteiger partial charge on any atom is -0.396 e. The Morgan fingerprint density at radius 3 is 1.77 bits per heavy atom. The molecule has 0 aromatic heterocycles. The molecule has 2 nitrogen and oxygen atoms in total. The number of hydrogen-bond donors (Lipinski definition) is 1. The lowest BCUT2D eigenvalue weighted by molar-refractivity contribution is 0.0363. The molecule has 0 aromatic rings. The Bertz CT molecular complexity index is 194. The van der Waals surface area contributed by atoms with E-state index >= 15 is 0 Å². The molecule has 1 unspecified atom stereocenters. The van der Waals surface area contributed by atoms with Gasteiger partial charge in [0.15, 0.2) is 0 Å². The normalized spacial score (nSPS) is 12.7. The summed E-state index contributed by atoms with van der Waals surface area (Å²) in [6.07, 6.45) is 19.7. The van der Waals surface area contributed by atoms with Gasteiger partial charge >= 0.3 is 0 Å². The summed E-state index contributed by atoms with van der Waals surface area (Å²) in [6.45, 7) is 5.75. The van der Waals surface area contributed by atoms with Crippen LogP contribution in [0.3, 0.4) is 0 Å². The topological polar surface area (TPSA) is 29.5 Å². The third-order valence-corrected chi connectivity index (χ3v) is 4.40. The van der Waals surface area contributed by atoms with E-state index in [1.54, 1.807) is 0 Å². The predicted molar refractivity (Wildman–Crippen MR) is 97.4 cm³/mol. The van der Waals surface area contributed by atoms with Crippen LogP contribution in [0.2, 0.25) is 0 Å². The number of unbranched alkanes of at least 4 members (excludes halogenated alkanes) is 10. The van der Waals surface area contributed by atoms with Crippen molar-refractivity contribution < 1.29 is 9.84 Å². The molecule has 22 heavy (non-hydrogen) atoms. The zero-order chi connectivity index (χ0) is 16.3. The molecule has 0 aliphatic heterocycles. The van der Waals surface area contributed by atoms with Crippen molar-refractivity contribution in [2.75, 3.05) is 13.2 Å². The van der Waals surface area contributed by atoms with Gasteiger partial charge in [0.25, 0.3) is 0 Å². The van der Waals surface area contributed by atoms with E-state index in [4.69, 9.17) is 9.84 Å². The van der Waals surface area contributed by atoms with Gasteiger partial charge in [-0.15, -0.1) is 0 Å². The second kappa shape index (κ2) is 19.0. The minimum atomic E-state index is 0.317. The van der Waals surface area contributed by atoms with Crippen LogP contribution in [0.5, 0.6) is 0 Å². The van der Waals surface area contributed by atoms with Crippen LogP contribution in [0.4, 0.5) is 0 Å². The zero-order valence-electron chi connectivity index (χ0n) is 15.5. The van der Waals surface area contributed by atoms with Crippen molar-refractivity contribution in [1.82, 2.24) is 0 Å². The highest BCUT2D eigenvalue weighted by Gasteiger charge is 2.07. The fourth-order valence-corrected chi connectivity index (χ4v) is 2.96. The van der Waals surface area contributed by atoms with Crippen LogP contribution in [-0.2, 0) is 4.74 Å². The summed E-state index contributed by atoms with van der Waals surface area (Å²) in [7, 11) is 0. The molecule has 0 rings (SSSR count). The first-order valence-corrected chi connectivity index (χ1v) is 10.1. The Morgan fingerprint density at radius 2 is 1.23 bits per heavy atom. The monoisotopic (exact) mass is 314 g/mol. The van der Waals surface area contributed by atoms with Gasteiger partial charge in [0, 0.05) is 13.2 Å². The van der Waals surface area contributed by atoms with Crippen molar-refractivity contribution >= 4 is 0 Å². The van der Waals surface area contributed by atoms with Gasteiger partial charge in [0.05, 0.1) is 6.10 Å². The number of ether oxygens (including phenoxy) is 1. The number of aliphatic hydroxyl groups is 1. The average Bonchev–Trinajstić information content (AvgIpc) is 2.52. The molecule has 0 spiro atoms. The molecule has 2 heteroatoms. The van der Waals surface area contributed by atoms with Gasteiger partial charge in [-0.05, 0) is 32.1 Å². The second-order valence-corrected chi connectivity index (χ2v) is 6.68. The second-order valence-electron chi connectivity index (χ2n) is 6.68. The van der Waals surface area contributed by atoms with Gasteiger partial charge in [0.2, 0.25) is 0 Å². The number of rotatable bonds is 18. The molecule has 0 aromatic carbocycles. The Balaban J connectivity index is 3.30. The number of hydrogen-bond acceptors (Lipinski definition) is 2. The van der Waals surface area contributed by atoms with Crippen LogP contribution in [0, 0.1) is 0 Å². The van der Waals surface area contributed by atoms with E-state index in [1.807, 2.05) is 0 Å². The summed E-state index contributed by atoms with van der Waals surface area (Å²) in [6, 6.07) is 0. The average molecular weight is 315 g/mol. The largest absolute Gasteiger partial charge is 0.396 e. The van der Waals surface area contributed by atoms with Gasteiger partial charge in [-0.1, -0.05) is 78.1 Å². The fraction of sp³-hybridized carbons (Fsp3) is 1.00. The lowest BCUT2D eigenvalue weighted by atomic mass is 10.1. The first-order valence-electron chi connectivity index (χ1n) is 10.1. The van der Waals surface area contributed by atoms with Gasteiger partial charge < -0.3 is 9.84 Å². The third-order valence-electron chi connectivity index (χ3n) is 4.40. The maximum atomic E-state index is 8.85. The summed E-state index contributed by atoms with van der Waals surface area (Å²) in [5.41, 5.74) is 0. The van der Waals surface area contributed by atoms with E-state index in [0.29, 0.717) is 12.7 Å². The Labute approximate surface area is 140 Å². The fourth-order valence-electron chi connectivity index (χ4n) is 2.96. The quantitative estimate of drug-likeness (QED) is 0.303. The van der Waals surface area contributed by atoms with E-state index in [1.165, 1.54) is 77.0 Å². The Kier molecular flexibility index (Phi) is 18.9. The molecule has 134 valence electrons. The summed E-state index contributed by atoms with van der Waals surface area (Å²) < 4.78 is 6.02. The summed E-state index contributed by atoms with van der Waals surface area (Å²) in [5.74, 6) is 0. The SMILES string of the molecule is CCCCCCCCCCCCOC(CCC)CCCCO. The first kappa shape index (κ1) is 21.9. The summed E-state index contributed by atoms with van der Waals surface area (Å²) in [5, 5.41) is 8.85. The molecule has 1 N–H and O–H groups in total. The highest BCUT2D eigenvalue weighted by Crippen LogP contribution is 2.13. The van der Waals surface area contributed by atoms with Crippen LogP contribution in [0.15, 0.2) is 0 Å².